The molecule has 0 spiro atoms. The Bertz CT molecular complexity index is 1480. The minimum Gasteiger partial charge on any atom is -0.493 e. The third-order valence-electron chi connectivity index (χ3n) is 5.23. The van der Waals surface area contributed by atoms with Crippen LogP contribution in [0, 0.1) is 10.1 Å². The van der Waals surface area contributed by atoms with Crippen LogP contribution in [0.15, 0.2) is 74.5 Å². The van der Waals surface area contributed by atoms with Crippen molar-refractivity contribution in [3.05, 3.63) is 101 Å². The zero-order valence-corrected chi connectivity index (χ0v) is 23.0. The third-order valence-corrected chi connectivity index (χ3v) is 7.42. The van der Waals surface area contributed by atoms with Gasteiger partial charge in [-0.3, -0.25) is 24.6 Å². The standard InChI is InChI=1S/C25H16Br2N2O7S/c1-35-20-11-14(10-18(27)22(20)36-24(31)16-7-3-4-8-17(16)26)12-21-23(30)28(25(32)37-21)13-15-6-2-5-9-19(15)29(33)34/h2-12H,13H2,1H3/b21-12-. The van der Waals surface area contributed by atoms with Crippen molar-refractivity contribution in [3.8, 4) is 11.5 Å². The number of nitro groups is 1. The summed E-state index contributed by atoms with van der Waals surface area (Å²) in [5, 5.41) is 10.8. The van der Waals surface area contributed by atoms with Gasteiger partial charge < -0.3 is 9.47 Å². The Labute approximate surface area is 231 Å². The van der Waals surface area contributed by atoms with Crippen LogP contribution < -0.4 is 9.47 Å². The van der Waals surface area contributed by atoms with Crippen molar-refractivity contribution < 1.29 is 28.8 Å². The highest BCUT2D eigenvalue weighted by molar-refractivity contribution is 9.10. The van der Waals surface area contributed by atoms with E-state index in [-0.39, 0.29) is 34.2 Å². The fourth-order valence-electron chi connectivity index (χ4n) is 3.48. The number of carbonyl (C=O) groups excluding carboxylic acids is 3. The summed E-state index contributed by atoms with van der Waals surface area (Å²) in [4.78, 5) is 50.0. The van der Waals surface area contributed by atoms with E-state index in [4.69, 9.17) is 9.47 Å². The van der Waals surface area contributed by atoms with Crippen LogP contribution in [0.3, 0.4) is 0 Å². The number of ether oxygens (including phenoxy) is 2. The van der Waals surface area contributed by atoms with Gasteiger partial charge >= 0.3 is 5.97 Å². The molecule has 0 unspecified atom stereocenters. The second-order valence-electron chi connectivity index (χ2n) is 7.56. The minimum atomic E-state index is -0.602. The molecule has 1 fully saturated rings. The Morgan fingerprint density at radius 3 is 2.49 bits per heavy atom. The van der Waals surface area contributed by atoms with Crippen LogP contribution in [-0.4, -0.2) is 34.0 Å². The summed E-state index contributed by atoms with van der Waals surface area (Å²) in [6, 6.07) is 15.9. The fraction of sp³-hybridized carbons (Fsp3) is 0.0800. The van der Waals surface area contributed by atoms with E-state index in [1.165, 1.54) is 31.4 Å². The number of benzene rings is 3. The van der Waals surface area contributed by atoms with Crippen LogP contribution >= 0.6 is 43.6 Å². The number of hydrogen-bond acceptors (Lipinski definition) is 8. The van der Waals surface area contributed by atoms with Gasteiger partial charge in [0.1, 0.15) is 0 Å². The highest BCUT2D eigenvalue weighted by Gasteiger charge is 2.36. The molecule has 0 aromatic heterocycles. The molecule has 0 atom stereocenters. The maximum absolute atomic E-state index is 13.0. The molecule has 0 saturated carbocycles. The Balaban J connectivity index is 1.59. The second-order valence-corrected chi connectivity index (χ2v) is 10.3. The summed E-state index contributed by atoms with van der Waals surface area (Å²) in [6.07, 6.45) is 1.50. The summed E-state index contributed by atoms with van der Waals surface area (Å²) in [6.45, 7) is -0.226. The van der Waals surface area contributed by atoms with Crippen LogP contribution in [0.25, 0.3) is 6.08 Å². The van der Waals surface area contributed by atoms with Gasteiger partial charge in [0.25, 0.3) is 16.8 Å². The van der Waals surface area contributed by atoms with Crippen molar-refractivity contribution in [1.82, 2.24) is 4.90 Å². The fourth-order valence-corrected chi connectivity index (χ4v) is 5.30. The first kappa shape index (κ1) is 26.6. The van der Waals surface area contributed by atoms with Gasteiger partial charge in [0.2, 0.25) is 0 Å². The first-order chi connectivity index (χ1) is 17.7. The number of thioether (sulfide) groups is 1. The lowest BCUT2D eigenvalue weighted by Gasteiger charge is -2.13. The molecule has 0 N–H and O–H groups in total. The molecule has 1 saturated heterocycles. The Morgan fingerprint density at radius 2 is 1.78 bits per heavy atom. The van der Waals surface area contributed by atoms with E-state index < -0.39 is 22.0 Å². The monoisotopic (exact) mass is 646 g/mol. The molecule has 188 valence electrons. The van der Waals surface area contributed by atoms with Crippen molar-refractivity contribution >= 4 is 72.5 Å². The van der Waals surface area contributed by atoms with E-state index in [2.05, 4.69) is 31.9 Å². The third kappa shape index (κ3) is 5.76. The van der Waals surface area contributed by atoms with Gasteiger partial charge in [-0.05, 0) is 79.5 Å². The summed E-state index contributed by atoms with van der Waals surface area (Å²) in [5.41, 5.74) is 0.900. The molecule has 3 aromatic carbocycles. The predicted octanol–water partition coefficient (Wildman–Crippen LogP) is 6.58. The number of nitrogens with zero attached hydrogens (tertiary/aromatic N) is 2. The van der Waals surface area contributed by atoms with E-state index in [1.807, 2.05) is 0 Å². The highest BCUT2D eigenvalue weighted by Crippen LogP contribution is 2.40. The van der Waals surface area contributed by atoms with Gasteiger partial charge in [0.15, 0.2) is 11.5 Å². The van der Waals surface area contributed by atoms with Gasteiger partial charge in [-0.1, -0.05) is 30.3 Å². The zero-order chi connectivity index (χ0) is 26.7. The second kappa shape index (κ2) is 11.3. The van der Waals surface area contributed by atoms with Gasteiger partial charge in [-0.2, -0.15) is 0 Å². The van der Waals surface area contributed by atoms with Gasteiger partial charge in [-0.15, -0.1) is 0 Å². The number of carbonyl (C=O) groups is 3. The normalized spacial score (nSPS) is 14.2. The Kier molecular flexibility index (Phi) is 8.10. The lowest BCUT2D eigenvalue weighted by molar-refractivity contribution is -0.385. The number of imide groups is 1. The van der Waals surface area contributed by atoms with E-state index in [0.717, 1.165) is 16.7 Å². The Morgan fingerprint density at radius 1 is 1.08 bits per heavy atom. The SMILES string of the molecule is COc1cc(/C=C2\SC(=O)N(Cc3ccccc3[N+](=O)[O-])C2=O)cc(Br)c1OC(=O)c1ccccc1Br. The topological polar surface area (TPSA) is 116 Å². The van der Waals surface area contributed by atoms with Crippen LogP contribution in [-0.2, 0) is 11.3 Å². The number of esters is 1. The lowest BCUT2D eigenvalue weighted by Crippen LogP contribution is -2.27. The largest absolute Gasteiger partial charge is 0.493 e. The first-order valence-corrected chi connectivity index (χ1v) is 12.9. The number of amides is 2. The molecule has 0 radical (unpaired) electrons. The molecule has 1 aliphatic heterocycles. The quantitative estimate of drug-likeness (QED) is 0.0928. The smallest absolute Gasteiger partial charge is 0.344 e. The molecular weight excluding hydrogens is 632 g/mol. The summed E-state index contributed by atoms with van der Waals surface area (Å²) < 4.78 is 11.9. The molecular formula is C25H16Br2N2O7S. The van der Waals surface area contributed by atoms with Crippen molar-refractivity contribution in [2.75, 3.05) is 7.11 Å². The summed E-state index contributed by atoms with van der Waals surface area (Å²) in [5.74, 6) is -0.812. The van der Waals surface area contributed by atoms with E-state index in [1.54, 1.807) is 42.5 Å². The lowest BCUT2D eigenvalue weighted by atomic mass is 10.1. The molecule has 0 aliphatic carbocycles. The number of nitro benzene ring substituents is 1. The number of para-hydroxylation sites is 1. The van der Waals surface area contributed by atoms with E-state index in [9.17, 15) is 24.5 Å². The number of methoxy groups -OCH3 is 1. The number of halogens is 2. The predicted molar refractivity (Wildman–Crippen MR) is 144 cm³/mol. The highest BCUT2D eigenvalue weighted by atomic mass is 79.9. The molecule has 1 aliphatic rings. The minimum absolute atomic E-state index is 0.135. The van der Waals surface area contributed by atoms with Crippen molar-refractivity contribution in [1.29, 1.82) is 0 Å². The number of rotatable bonds is 7. The van der Waals surface area contributed by atoms with Gasteiger partial charge in [0.05, 0.1) is 33.5 Å². The number of hydrogen-bond donors (Lipinski definition) is 0. The average molecular weight is 648 g/mol. The van der Waals surface area contributed by atoms with Crippen molar-refractivity contribution in [2.24, 2.45) is 0 Å². The first-order valence-electron chi connectivity index (χ1n) is 10.5. The van der Waals surface area contributed by atoms with Crippen LogP contribution in [0.4, 0.5) is 10.5 Å². The van der Waals surface area contributed by atoms with Crippen LogP contribution in [0.2, 0.25) is 0 Å². The molecule has 12 heteroatoms. The molecule has 0 bridgehead atoms. The molecule has 4 rings (SSSR count). The van der Waals surface area contributed by atoms with E-state index >= 15 is 0 Å². The molecule has 2 amide bonds. The zero-order valence-electron chi connectivity index (χ0n) is 19.0. The molecule has 3 aromatic rings. The Hall–Kier alpha value is -3.48. The van der Waals surface area contributed by atoms with Gasteiger partial charge in [-0.25, -0.2) is 4.79 Å². The molecule has 37 heavy (non-hydrogen) atoms. The van der Waals surface area contributed by atoms with E-state index in [0.29, 0.717) is 20.1 Å². The summed E-state index contributed by atoms with van der Waals surface area (Å²) >= 11 is 7.43. The van der Waals surface area contributed by atoms with Crippen molar-refractivity contribution in [3.63, 3.8) is 0 Å². The maximum Gasteiger partial charge on any atom is 0.344 e. The maximum atomic E-state index is 13.0. The van der Waals surface area contributed by atoms with Crippen molar-refractivity contribution in [2.45, 2.75) is 6.54 Å². The average Bonchev–Trinajstić information content (AvgIpc) is 3.13. The molecule has 1 heterocycles. The van der Waals surface area contributed by atoms with Gasteiger partial charge in [0, 0.05) is 16.1 Å². The summed E-state index contributed by atoms with van der Waals surface area (Å²) in [7, 11) is 1.40. The van der Waals surface area contributed by atoms with Crippen LogP contribution in [0.1, 0.15) is 21.5 Å². The molecule has 9 nitrogen and oxygen atoms in total. The van der Waals surface area contributed by atoms with Crippen LogP contribution in [0.5, 0.6) is 11.5 Å².